The van der Waals surface area contributed by atoms with Crippen molar-refractivity contribution in [2.24, 2.45) is 0 Å². The predicted octanol–water partition coefficient (Wildman–Crippen LogP) is 1.64. The number of Topliss-reactive ketones (excluding diaryl/α,β-unsaturated/α-hetero) is 1. The van der Waals surface area contributed by atoms with E-state index in [-0.39, 0.29) is 5.78 Å². The number of carbonyl (C=O) groups excluding carboxylic acids is 1. The van der Waals surface area contributed by atoms with E-state index in [1.54, 1.807) is 32.2 Å². The second kappa shape index (κ2) is 4.44. The molecule has 98 valence electrons. The van der Waals surface area contributed by atoms with Crippen molar-refractivity contribution in [3.05, 3.63) is 29.6 Å². The predicted molar refractivity (Wildman–Crippen MR) is 66.9 cm³/mol. The zero-order chi connectivity index (χ0) is 13.4. The van der Waals surface area contributed by atoms with E-state index in [4.69, 9.17) is 0 Å². The minimum absolute atomic E-state index is 0.202. The third kappa shape index (κ3) is 2.60. The topological polar surface area (TPSA) is 70.4 Å². The van der Waals surface area contributed by atoms with Crippen molar-refractivity contribution in [2.75, 3.05) is 0 Å². The van der Waals surface area contributed by atoms with E-state index in [1.165, 1.54) is 0 Å². The molecule has 1 fully saturated rings. The highest BCUT2D eigenvalue weighted by Crippen LogP contribution is 2.35. The summed E-state index contributed by atoms with van der Waals surface area (Å²) in [6.45, 7) is 3.38. The van der Waals surface area contributed by atoms with Gasteiger partial charge in [0.05, 0.1) is 11.3 Å². The van der Waals surface area contributed by atoms with E-state index in [9.17, 15) is 15.0 Å². The smallest absolute Gasteiger partial charge is 0.133 e. The maximum atomic E-state index is 11.2. The Kier molecular flexibility index (Phi) is 3.25. The third-order valence-electron chi connectivity index (χ3n) is 3.58. The van der Waals surface area contributed by atoms with Gasteiger partial charge in [0.1, 0.15) is 11.4 Å². The molecule has 1 saturated carbocycles. The van der Waals surface area contributed by atoms with Crippen molar-refractivity contribution in [2.45, 2.75) is 50.7 Å². The molecule has 1 aliphatic carbocycles. The number of nitrogens with zero attached hydrogens (tertiary/aromatic N) is 1. The van der Waals surface area contributed by atoms with Crippen LogP contribution in [-0.2, 0) is 16.0 Å². The molecule has 0 aromatic carbocycles. The minimum Gasteiger partial charge on any atom is -0.386 e. The summed E-state index contributed by atoms with van der Waals surface area (Å²) >= 11 is 0. The number of aliphatic hydroxyl groups is 2. The number of aromatic nitrogens is 1. The molecule has 0 bridgehead atoms. The first-order valence-corrected chi connectivity index (χ1v) is 6.25. The van der Waals surface area contributed by atoms with Gasteiger partial charge in [-0.15, -0.1) is 0 Å². The van der Waals surface area contributed by atoms with Crippen LogP contribution in [0, 0.1) is 0 Å². The maximum absolute atomic E-state index is 11.2. The molecule has 0 aliphatic heterocycles. The van der Waals surface area contributed by atoms with Crippen molar-refractivity contribution in [1.29, 1.82) is 0 Å². The molecule has 4 heteroatoms. The van der Waals surface area contributed by atoms with Crippen LogP contribution in [0.3, 0.4) is 0 Å². The van der Waals surface area contributed by atoms with E-state index in [0.717, 1.165) is 0 Å². The summed E-state index contributed by atoms with van der Waals surface area (Å²) in [6, 6.07) is 3.51. The SMILES string of the molecule is CC(C)(O)c1ccc(C2(O)CCC(=O)CC2)nc1. The van der Waals surface area contributed by atoms with Crippen LogP contribution in [0.4, 0.5) is 0 Å². The van der Waals surface area contributed by atoms with Crippen LogP contribution in [-0.4, -0.2) is 21.0 Å². The molecule has 0 radical (unpaired) electrons. The molecular weight excluding hydrogens is 230 g/mol. The lowest BCUT2D eigenvalue weighted by Crippen LogP contribution is -2.32. The monoisotopic (exact) mass is 249 g/mol. The van der Waals surface area contributed by atoms with Crippen LogP contribution in [0.1, 0.15) is 50.8 Å². The van der Waals surface area contributed by atoms with Gasteiger partial charge in [0, 0.05) is 24.6 Å². The molecule has 4 nitrogen and oxygen atoms in total. The van der Waals surface area contributed by atoms with Crippen molar-refractivity contribution in [3.8, 4) is 0 Å². The highest BCUT2D eigenvalue weighted by molar-refractivity contribution is 5.79. The Labute approximate surface area is 107 Å². The Balaban J connectivity index is 2.22. The Hall–Kier alpha value is -1.26. The molecule has 0 saturated heterocycles. The Morgan fingerprint density at radius 2 is 1.89 bits per heavy atom. The fraction of sp³-hybridized carbons (Fsp3) is 0.571. The average molecular weight is 249 g/mol. The third-order valence-corrected chi connectivity index (χ3v) is 3.58. The van der Waals surface area contributed by atoms with Gasteiger partial charge >= 0.3 is 0 Å². The molecule has 1 heterocycles. The summed E-state index contributed by atoms with van der Waals surface area (Å²) < 4.78 is 0. The van der Waals surface area contributed by atoms with Crippen LogP contribution in [0.5, 0.6) is 0 Å². The normalized spacial score (nSPS) is 19.9. The van der Waals surface area contributed by atoms with Crippen molar-refractivity contribution < 1.29 is 15.0 Å². The van der Waals surface area contributed by atoms with Crippen LogP contribution in [0.25, 0.3) is 0 Å². The molecular formula is C14H19NO3. The van der Waals surface area contributed by atoms with Gasteiger partial charge in [-0.3, -0.25) is 9.78 Å². The summed E-state index contributed by atoms with van der Waals surface area (Å²) in [4.78, 5) is 15.4. The molecule has 18 heavy (non-hydrogen) atoms. The lowest BCUT2D eigenvalue weighted by molar-refractivity contribution is -0.125. The molecule has 0 amide bonds. The second-order valence-electron chi connectivity index (χ2n) is 5.56. The Morgan fingerprint density at radius 1 is 1.28 bits per heavy atom. The number of rotatable bonds is 2. The summed E-state index contributed by atoms with van der Waals surface area (Å²) in [6.07, 6.45) is 3.27. The molecule has 0 atom stereocenters. The first-order chi connectivity index (χ1) is 8.31. The highest BCUT2D eigenvalue weighted by atomic mass is 16.3. The zero-order valence-electron chi connectivity index (χ0n) is 10.8. The first kappa shape index (κ1) is 13.2. The molecule has 1 aromatic rings. The van der Waals surface area contributed by atoms with E-state index < -0.39 is 11.2 Å². The van der Waals surface area contributed by atoms with E-state index in [1.807, 2.05) is 0 Å². The fourth-order valence-electron chi connectivity index (χ4n) is 2.23. The van der Waals surface area contributed by atoms with Gasteiger partial charge in [0.2, 0.25) is 0 Å². The van der Waals surface area contributed by atoms with Gasteiger partial charge in [-0.2, -0.15) is 0 Å². The first-order valence-electron chi connectivity index (χ1n) is 6.25. The van der Waals surface area contributed by atoms with Gasteiger partial charge in [0.25, 0.3) is 0 Å². The van der Waals surface area contributed by atoms with Crippen LogP contribution >= 0.6 is 0 Å². The molecule has 2 N–H and O–H groups in total. The highest BCUT2D eigenvalue weighted by Gasteiger charge is 2.35. The summed E-state index contributed by atoms with van der Waals surface area (Å²) in [5, 5.41) is 20.3. The van der Waals surface area contributed by atoms with Crippen LogP contribution < -0.4 is 0 Å². The van der Waals surface area contributed by atoms with Crippen molar-refractivity contribution in [3.63, 3.8) is 0 Å². The van der Waals surface area contributed by atoms with Gasteiger partial charge in [0.15, 0.2) is 0 Å². The van der Waals surface area contributed by atoms with Gasteiger partial charge in [-0.25, -0.2) is 0 Å². The number of carbonyl (C=O) groups is 1. The number of pyridine rings is 1. The van der Waals surface area contributed by atoms with E-state index in [0.29, 0.717) is 36.9 Å². The largest absolute Gasteiger partial charge is 0.386 e. The maximum Gasteiger partial charge on any atom is 0.133 e. The number of hydrogen-bond acceptors (Lipinski definition) is 4. The lowest BCUT2D eigenvalue weighted by atomic mass is 9.81. The van der Waals surface area contributed by atoms with Gasteiger partial charge < -0.3 is 10.2 Å². The number of hydrogen-bond donors (Lipinski definition) is 2. The standard InChI is InChI=1S/C14H19NO3/c1-13(2,17)10-3-4-12(15-9-10)14(18)7-5-11(16)6-8-14/h3-4,9,17-18H,5-8H2,1-2H3. The summed E-state index contributed by atoms with van der Waals surface area (Å²) in [5.74, 6) is 0.202. The molecule has 1 aliphatic rings. The van der Waals surface area contributed by atoms with E-state index >= 15 is 0 Å². The molecule has 0 unspecified atom stereocenters. The molecule has 2 rings (SSSR count). The minimum atomic E-state index is -0.994. The second-order valence-corrected chi connectivity index (χ2v) is 5.56. The van der Waals surface area contributed by atoms with Gasteiger partial charge in [-0.05, 0) is 32.8 Å². The lowest BCUT2D eigenvalue weighted by Gasteiger charge is -2.31. The number of ketones is 1. The van der Waals surface area contributed by atoms with Crippen LogP contribution in [0.15, 0.2) is 18.3 Å². The van der Waals surface area contributed by atoms with Crippen molar-refractivity contribution in [1.82, 2.24) is 4.98 Å². The summed E-state index contributed by atoms with van der Waals surface area (Å²) in [5.41, 5.74) is -0.632. The molecule has 0 spiro atoms. The van der Waals surface area contributed by atoms with Gasteiger partial charge in [-0.1, -0.05) is 6.07 Å². The van der Waals surface area contributed by atoms with Crippen LogP contribution in [0.2, 0.25) is 0 Å². The Morgan fingerprint density at radius 3 is 2.33 bits per heavy atom. The Bertz CT molecular complexity index is 435. The van der Waals surface area contributed by atoms with E-state index in [2.05, 4.69) is 4.98 Å². The van der Waals surface area contributed by atoms with Crippen molar-refractivity contribution >= 4 is 5.78 Å². The molecule has 1 aromatic heterocycles. The fourth-order valence-corrected chi connectivity index (χ4v) is 2.23. The zero-order valence-corrected chi connectivity index (χ0v) is 10.8. The summed E-state index contributed by atoms with van der Waals surface area (Å²) in [7, 11) is 0. The average Bonchev–Trinajstić information content (AvgIpc) is 2.32. The quantitative estimate of drug-likeness (QED) is 0.836.